The molecule has 1 fully saturated rings. The zero-order valence-electron chi connectivity index (χ0n) is 12.3. The Labute approximate surface area is 121 Å². The van der Waals surface area contributed by atoms with Crippen molar-refractivity contribution < 1.29 is 18.5 Å². The number of morpholine rings is 1. The number of hydrogen-bond donors (Lipinski definition) is 0. The van der Waals surface area contributed by atoms with Crippen LogP contribution >= 0.6 is 0 Å². The summed E-state index contributed by atoms with van der Waals surface area (Å²) in [5.74, 6) is 1.82. The molecule has 7 heteroatoms. The van der Waals surface area contributed by atoms with Gasteiger partial charge in [0.15, 0.2) is 11.6 Å². The molecule has 0 aliphatic carbocycles. The Kier molecular flexibility index (Phi) is 3.50. The molecular weight excluding hydrogens is 274 g/mol. The van der Waals surface area contributed by atoms with E-state index in [0.29, 0.717) is 43.0 Å². The fourth-order valence-electron chi connectivity index (χ4n) is 2.48. The first kappa shape index (κ1) is 13.8. The van der Waals surface area contributed by atoms with E-state index in [0.717, 1.165) is 5.56 Å². The molecule has 0 bridgehead atoms. The van der Waals surface area contributed by atoms with Gasteiger partial charge in [-0.25, -0.2) is 0 Å². The molecule has 1 aliphatic heterocycles. The van der Waals surface area contributed by atoms with Gasteiger partial charge in [0.25, 0.3) is 11.8 Å². The van der Waals surface area contributed by atoms with Gasteiger partial charge in [-0.3, -0.25) is 4.79 Å². The Hall–Kier alpha value is -2.15. The molecule has 1 aliphatic rings. The number of ether oxygens (including phenoxy) is 1. The van der Waals surface area contributed by atoms with E-state index in [2.05, 4.69) is 10.1 Å². The molecule has 1 atom stereocenters. The average Bonchev–Trinajstić information content (AvgIpc) is 3.04. The van der Waals surface area contributed by atoms with E-state index in [1.54, 1.807) is 11.8 Å². The average molecular weight is 291 g/mol. The molecule has 0 spiro atoms. The fraction of sp³-hybridized carbons (Fsp3) is 0.500. The minimum atomic E-state index is -0.378. The molecule has 0 saturated carbocycles. The minimum absolute atomic E-state index is 0.176. The summed E-state index contributed by atoms with van der Waals surface area (Å²) >= 11 is 0. The number of aromatic nitrogens is 2. The van der Waals surface area contributed by atoms with Crippen molar-refractivity contribution >= 4 is 5.91 Å². The van der Waals surface area contributed by atoms with Gasteiger partial charge in [-0.15, -0.1) is 0 Å². The summed E-state index contributed by atoms with van der Waals surface area (Å²) < 4.78 is 16.2. The van der Waals surface area contributed by atoms with Crippen LogP contribution in [0.25, 0.3) is 0 Å². The predicted molar refractivity (Wildman–Crippen MR) is 71.8 cm³/mol. The number of rotatable bonds is 2. The number of aryl methyl sites for hydroxylation is 3. The highest BCUT2D eigenvalue weighted by Crippen LogP contribution is 2.26. The van der Waals surface area contributed by atoms with Crippen LogP contribution in [-0.2, 0) is 4.74 Å². The summed E-state index contributed by atoms with van der Waals surface area (Å²) in [6.45, 7) is 6.70. The Bertz CT molecular complexity index is 661. The molecule has 2 aromatic heterocycles. The highest BCUT2D eigenvalue weighted by molar-refractivity contribution is 5.93. The maximum atomic E-state index is 12.7. The molecule has 7 nitrogen and oxygen atoms in total. The van der Waals surface area contributed by atoms with Crippen LogP contribution in [0, 0.1) is 20.8 Å². The van der Waals surface area contributed by atoms with Gasteiger partial charge in [-0.1, -0.05) is 5.16 Å². The lowest BCUT2D eigenvalue weighted by Crippen LogP contribution is -2.43. The van der Waals surface area contributed by atoms with Crippen molar-refractivity contribution in [1.29, 1.82) is 0 Å². The van der Waals surface area contributed by atoms with Crippen molar-refractivity contribution in [3.63, 3.8) is 0 Å². The zero-order chi connectivity index (χ0) is 15.0. The van der Waals surface area contributed by atoms with Gasteiger partial charge in [0.1, 0.15) is 11.8 Å². The monoisotopic (exact) mass is 291 g/mol. The first-order valence-electron chi connectivity index (χ1n) is 6.82. The van der Waals surface area contributed by atoms with Crippen LogP contribution in [0.4, 0.5) is 0 Å². The Morgan fingerprint density at radius 1 is 1.38 bits per heavy atom. The Morgan fingerprint density at radius 3 is 2.81 bits per heavy atom. The standard InChI is InChI=1S/C14H17N3O4/c1-8-6-9(2)20-12(8)14(18)17-4-5-19-7-11(17)13-15-10(3)16-21-13/h6,11H,4-5,7H2,1-3H3/t11-/m0/s1. The fourth-order valence-corrected chi connectivity index (χ4v) is 2.48. The summed E-state index contributed by atoms with van der Waals surface area (Å²) in [4.78, 5) is 18.6. The summed E-state index contributed by atoms with van der Waals surface area (Å²) in [5, 5.41) is 3.78. The van der Waals surface area contributed by atoms with E-state index in [1.807, 2.05) is 19.9 Å². The molecule has 1 amide bonds. The van der Waals surface area contributed by atoms with Gasteiger partial charge in [0.05, 0.1) is 13.2 Å². The van der Waals surface area contributed by atoms with Crippen LogP contribution < -0.4 is 0 Å². The zero-order valence-corrected chi connectivity index (χ0v) is 12.3. The second kappa shape index (κ2) is 5.33. The van der Waals surface area contributed by atoms with Crippen molar-refractivity contribution in [3.8, 4) is 0 Å². The van der Waals surface area contributed by atoms with Gasteiger partial charge in [-0.05, 0) is 26.8 Å². The molecule has 0 N–H and O–H groups in total. The third-order valence-electron chi connectivity index (χ3n) is 3.45. The van der Waals surface area contributed by atoms with Gasteiger partial charge >= 0.3 is 0 Å². The lowest BCUT2D eigenvalue weighted by molar-refractivity contribution is -0.0134. The summed E-state index contributed by atoms with van der Waals surface area (Å²) in [5.41, 5.74) is 0.824. The van der Waals surface area contributed by atoms with E-state index >= 15 is 0 Å². The normalized spacial score (nSPS) is 19.0. The number of nitrogens with zero attached hydrogens (tertiary/aromatic N) is 3. The lowest BCUT2D eigenvalue weighted by atomic mass is 10.2. The SMILES string of the molecule is Cc1noc([C@@H]2COCCN2C(=O)c2oc(C)cc2C)n1. The maximum Gasteiger partial charge on any atom is 0.290 e. The quantitative estimate of drug-likeness (QED) is 0.839. The van der Waals surface area contributed by atoms with Gasteiger partial charge < -0.3 is 18.6 Å². The van der Waals surface area contributed by atoms with Crippen LogP contribution in [0.5, 0.6) is 0 Å². The van der Waals surface area contributed by atoms with E-state index < -0.39 is 0 Å². The molecule has 0 unspecified atom stereocenters. The highest BCUT2D eigenvalue weighted by Gasteiger charge is 2.35. The molecule has 2 aromatic rings. The van der Waals surface area contributed by atoms with Crippen LogP contribution in [0.15, 0.2) is 15.0 Å². The van der Waals surface area contributed by atoms with Crippen LogP contribution in [0.2, 0.25) is 0 Å². The smallest absolute Gasteiger partial charge is 0.290 e. The number of carbonyl (C=O) groups is 1. The van der Waals surface area contributed by atoms with Crippen molar-refractivity contribution in [1.82, 2.24) is 15.0 Å². The van der Waals surface area contributed by atoms with Crippen molar-refractivity contribution in [2.45, 2.75) is 26.8 Å². The molecule has 3 rings (SSSR count). The van der Waals surface area contributed by atoms with Gasteiger partial charge in [0.2, 0.25) is 0 Å². The summed E-state index contributed by atoms with van der Waals surface area (Å²) in [6, 6.07) is 1.47. The lowest BCUT2D eigenvalue weighted by Gasteiger charge is -2.32. The third kappa shape index (κ3) is 2.56. The number of furan rings is 1. The number of hydrogen-bond acceptors (Lipinski definition) is 6. The van der Waals surface area contributed by atoms with Crippen LogP contribution in [0.3, 0.4) is 0 Å². The molecule has 21 heavy (non-hydrogen) atoms. The van der Waals surface area contributed by atoms with Crippen molar-refractivity contribution in [2.24, 2.45) is 0 Å². The van der Waals surface area contributed by atoms with E-state index in [1.165, 1.54) is 0 Å². The Morgan fingerprint density at radius 2 is 2.19 bits per heavy atom. The maximum absolute atomic E-state index is 12.7. The summed E-state index contributed by atoms with van der Waals surface area (Å²) in [7, 11) is 0. The number of amides is 1. The molecule has 0 aromatic carbocycles. The second-order valence-corrected chi connectivity index (χ2v) is 5.14. The first-order chi connectivity index (χ1) is 10.1. The second-order valence-electron chi connectivity index (χ2n) is 5.14. The molecule has 112 valence electrons. The topological polar surface area (TPSA) is 81.6 Å². The van der Waals surface area contributed by atoms with E-state index in [4.69, 9.17) is 13.7 Å². The molecule has 3 heterocycles. The molecule has 0 radical (unpaired) electrons. The molecular formula is C14H17N3O4. The van der Waals surface area contributed by atoms with Crippen LogP contribution in [-0.4, -0.2) is 40.7 Å². The highest BCUT2D eigenvalue weighted by atomic mass is 16.5. The van der Waals surface area contributed by atoms with Gasteiger partial charge in [-0.2, -0.15) is 4.98 Å². The van der Waals surface area contributed by atoms with Crippen molar-refractivity contribution in [2.75, 3.05) is 19.8 Å². The number of carbonyl (C=O) groups excluding carboxylic acids is 1. The van der Waals surface area contributed by atoms with Gasteiger partial charge in [0, 0.05) is 12.1 Å². The van der Waals surface area contributed by atoms with E-state index in [9.17, 15) is 4.79 Å². The Balaban J connectivity index is 1.90. The third-order valence-corrected chi connectivity index (χ3v) is 3.45. The predicted octanol–water partition coefficient (Wildman–Crippen LogP) is 1.80. The first-order valence-corrected chi connectivity index (χ1v) is 6.82. The summed E-state index contributed by atoms with van der Waals surface area (Å²) in [6.07, 6.45) is 0. The van der Waals surface area contributed by atoms with Crippen LogP contribution in [0.1, 0.15) is 39.6 Å². The van der Waals surface area contributed by atoms with E-state index in [-0.39, 0.29) is 11.9 Å². The van der Waals surface area contributed by atoms with Crippen molar-refractivity contribution in [3.05, 3.63) is 34.9 Å². The molecule has 1 saturated heterocycles. The minimum Gasteiger partial charge on any atom is -0.456 e. The largest absolute Gasteiger partial charge is 0.456 e.